The highest BCUT2D eigenvalue weighted by Crippen LogP contribution is 2.46. The number of nitrogens with zero attached hydrogens (tertiary/aromatic N) is 1. The number of carbonyl (C=O) groups is 1. The zero-order valence-corrected chi connectivity index (χ0v) is 17.1. The van der Waals surface area contributed by atoms with Crippen LogP contribution in [0.2, 0.25) is 5.02 Å². The van der Waals surface area contributed by atoms with E-state index in [4.69, 9.17) is 11.6 Å². The van der Waals surface area contributed by atoms with Crippen molar-refractivity contribution >= 4 is 52.8 Å². The van der Waals surface area contributed by atoms with Gasteiger partial charge in [0, 0.05) is 23.3 Å². The number of pyridine rings is 1. The number of H-pyrrole nitrogens is 1. The van der Waals surface area contributed by atoms with Crippen LogP contribution in [0.3, 0.4) is 0 Å². The highest BCUT2D eigenvalue weighted by Gasteiger charge is 2.24. The average Bonchev–Trinajstić information content (AvgIpc) is 3.04. The van der Waals surface area contributed by atoms with Gasteiger partial charge in [-0.25, -0.2) is 13.8 Å². The van der Waals surface area contributed by atoms with Crippen LogP contribution in [0.15, 0.2) is 30.6 Å². The number of nitrogens with one attached hydrogen (secondary N) is 2. The number of halogens is 3. The lowest BCUT2D eigenvalue weighted by atomic mass is 10.0. The lowest BCUT2D eigenvalue weighted by Gasteiger charge is -2.14. The Morgan fingerprint density at radius 2 is 2.19 bits per heavy atom. The van der Waals surface area contributed by atoms with Crippen molar-refractivity contribution in [2.24, 2.45) is 0 Å². The van der Waals surface area contributed by atoms with E-state index in [2.05, 4.69) is 28.3 Å². The molecule has 1 atom stereocenters. The number of rotatable bonds is 7. The zero-order chi connectivity index (χ0) is 19.6. The predicted octanol–water partition coefficient (Wildman–Crippen LogP) is 6.22. The van der Waals surface area contributed by atoms with Gasteiger partial charge in [0.2, 0.25) is 5.78 Å². The number of aromatic nitrogens is 2. The van der Waals surface area contributed by atoms with Crippen molar-refractivity contribution in [1.29, 1.82) is 0 Å². The molecule has 1 aromatic carbocycles. The summed E-state index contributed by atoms with van der Waals surface area (Å²) in [5, 5.41) is 0.746. The van der Waals surface area contributed by atoms with Gasteiger partial charge in [0.15, 0.2) is 5.82 Å². The van der Waals surface area contributed by atoms with Crippen LogP contribution >= 0.6 is 30.3 Å². The number of hydrogen-bond donors (Lipinski definition) is 2. The van der Waals surface area contributed by atoms with Gasteiger partial charge in [-0.15, -0.1) is 0 Å². The molecule has 2 aromatic heterocycles. The molecule has 2 N–H and O–H groups in total. The Bertz CT molecular complexity index is 998. The molecule has 3 aromatic rings. The first-order valence-corrected chi connectivity index (χ1v) is 12.0. The van der Waals surface area contributed by atoms with Crippen molar-refractivity contribution < 1.29 is 13.6 Å². The average molecular weight is 428 g/mol. The van der Waals surface area contributed by atoms with Gasteiger partial charge >= 0.3 is 0 Å². The molecule has 0 saturated heterocycles. The molecule has 2 heterocycles. The fourth-order valence-corrected chi connectivity index (χ4v) is 5.50. The van der Waals surface area contributed by atoms with Gasteiger partial charge in [0.25, 0.3) is 0 Å². The summed E-state index contributed by atoms with van der Waals surface area (Å²) in [6.45, 7) is 4.16. The highest BCUT2D eigenvalue weighted by atomic mass is 35.5. The second kappa shape index (κ2) is 8.55. The molecule has 0 aliphatic carbocycles. The summed E-state index contributed by atoms with van der Waals surface area (Å²) in [5.41, 5.74) is 0.0273. The van der Waals surface area contributed by atoms with E-state index in [-0.39, 0.29) is 18.4 Å². The number of benzene rings is 1. The van der Waals surface area contributed by atoms with Crippen LogP contribution in [0.1, 0.15) is 29.3 Å². The van der Waals surface area contributed by atoms with Crippen LogP contribution < -0.4 is 4.72 Å². The van der Waals surface area contributed by atoms with E-state index < -0.39 is 23.0 Å². The molecule has 9 heteroatoms. The Hall–Kier alpha value is -1.69. The van der Waals surface area contributed by atoms with Crippen molar-refractivity contribution in [3.05, 3.63) is 58.4 Å². The van der Waals surface area contributed by atoms with E-state index in [0.717, 1.165) is 18.6 Å². The van der Waals surface area contributed by atoms with Crippen LogP contribution in [0, 0.1) is 11.6 Å². The van der Waals surface area contributed by atoms with Crippen molar-refractivity contribution in [2.75, 3.05) is 17.5 Å². The fourth-order valence-electron chi connectivity index (χ4n) is 2.63. The summed E-state index contributed by atoms with van der Waals surface area (Å²) < 4.78 is 32.2. The van der Waals surface area contributed by atoms with E-state index in [0.29, 0.717) is 16.1 Å². The Balaban J connectivity index is 1.96. The van der Waals surface area contributed by atoms with Gasteiger partial charge in [0.05, 0.1) is 16.3 Å². The molecular weight excluding hydrogens is 411 g/mol. The molecule has 0 radical (unpaired) electrons. The van der Waals surface area contributed by atoms with Crippen molar-refractivity contribution in [1.82, 2.24) is 9.97 Å². The Kier molecular flexibility index (Phi) is 6.35. The maximum absolute atomic E-state index is 14.9. The van der Waals surface area contributed by atoms with Crippen molar-refractivity contribution in [3.63, 3.8) is 0 Å². The Labute approximate surface area is 165 Å². The predicted molar refractivity (Wildman–Crippen MR) is 110 cm³/mol. The third-order valence-electron chi connectivity index (χ3n) is 3.91. The maximum Gasteiger partial charge on any atom is 0.201 e. The minimum atomic E-state index is -0.912. The van der Waals surface area contributed by atoms with Gasteiger partial charge in [-0.2, -0.15) is 0 Å². The number of aromatic amines is 1. The van der Waals surface area contributed by atoms with Gasteiger partial charge < -0.3 is 9.71 Å². The number of fused-ring (bicyclic) bond motifs is 1. The largest absolute Gasteiger partial charge is 0.345 e. The molecule has 0 aliphatic heterocycles. The second-order valence-corrected chi connectivity index (χ2v) is 10.9. The van der Waals surface area contributed by atoms with Crippen LogP contribution in [-0.2, 0) is 0 Å². The molecule has 0 spiro atoms. The third-order valence-corrected chi connectivity index (χ3v) is 7.57. The molecule has 0 bridgehead atoms. The molecule has 142 valence electrons. The summed E-state index contributed by atoms with van der Waals surface area (Å²) in [4.78, 5) is 19.8. The molecule has 0 saturated carbocycles. The molecule has 0 fully saturated rings. The van der Waals surface area contributed by atoms with Gasteiger partial charge in [-0.1, -0.05) is 24.9 Å². The molecule has 3 rings (SSSR count). The summed E-state index contributed by atoms with van der Waals surface area (Å²) in [6.07, 6.45) is 4.86. The van der Waals surface area contributed by atoms with Crippen LogP contribution in [0.25, 0.3) is 11.0 Å². The first-order valence-electron chi connectivity index (χ1n) is 8.21. The molecule has 0 amide bonds. The minimum Gasteiger partial charge on any atom is -0.345 e. The normalized spacial score (nSPS) is 12.3. The third kappa shape index (κ3) is 4.26. The van der Waals surface area contributed by atoms with E-state index >= 15 is 0 Å². The summed E-state index contributed by atoms with van der Waals surface area (Å²) in [5.74, 6) is -2.58. The Morgan fingerprint density at radius 3 is 2.93 bits per heavy atom. The quantitative estimate of drug-likeness (QED) is 0.267. The monoisotopic (exact) mass is 427 g/mol. The number of carbonyl (C=O) groups excluding carboxylic acids is 1. The standard InChI is InChI=1S/C18H17ClF2N3OPS/c1-3-6-26(2)27-24-14-5-4-13(20)15(16(14)21)17(25)12-9-23-18-11(12)7-10(19)8-22-18/h4-5,7-9,24H,3,6H2,1-2H3,(H,22,23). The lowest BCUT2D eigenvalue weighted by molar-refractivity contribution is 0.103. The smallest absolute Gasteiger partial charge is 0.201 e. The molecule has 1 unspecified atom stereocenters. The first kappa shape index (κ1) is 20.1. The summed E-state index contributed by atoms with van der Waals surface area (Å²) in [7, 11) is -0.380. The minimum absolute atomic E-state index is 0.0891. The first-order chi connectivity index (χ1) is 12.9. The van der Waals surface area contributed by atoms with E-state index in [1.54, 1.807) is 0 Å². The molecule has 0 aliphatic rings. The lowest BCUT2D eigenvalue weighted by Crippen LogP contribution is -2.09. The number of ketones is 1. The molecular formula is C18H17ClF2N3OPS. The van der Waals surface area contributed by atoms with E-state index in [9.17, 15) is 13.6 Å². The summed E-state index contributed by atoms with van der Waals surface area (Å²) >= 11 is 7.34. The van der Waals surface area contributed by atoms with Gasteiger partial charge in [-0.05, 0) is 49.7 Å². The Morgan fingerprint density at radius 1 is 1.41 bits per heavy atom. The molecule has 4 nitrogen and oxygen atoms in total. The second-order valence-electron chi connectivity index (χ2n) is 5.91. The van der Waals surface area contributed by atoms with Crippen LogP contribution in [0.4, 0.5) is 14.5 Å². The topological polar surface area (TPSA) is 57.8 Å². The summed E-state index contributed by atoms with van der Waals surface area (Å²) in [6, 6.07) is 3.94. The van der Waals surface area contributed by atoms with Crippen LogP contribution in [0.5, 0.6) is 0 Å². The van der Waals surface area contributed by atoms with Gasteiger partial charge in [0.1, 0.15) is 11.5 Å². The highest BCUT2D eigenvalue weighted by molar-refractivity contribution is 8.56. The molecule has 27 heavy (non-hydrogen) atoms. The fraction of sp³-hybridized carbons (Fsp3) is 0.222. The van der Waals surface area contributed by atoms with E-state index in [1.165, 1.54) is 36.1 Å². The van der Waals surface area contributed by atoms with E-state index in [1.807, 2.05) is 0 Å². The van der Waals surface area contributed by atoms with Crippen molar-refractivity contribution in [3.8, 4) is 0 Å². The zero-order valence-electron chi connectivity index (χ0n) is 14.6. The van der Waals surface area contributed by atoms with Gasteiger partial charge in [-0.3, -0.25) is 4.79 Å². The SMILES string of the molecule is CCCP(C)SNc1ccc(F)c(C(=O)c2c[nH]c3ncc(Cl)cc23)c1F. The maximum atomic E-state index is 14.9. The number of hydrogen-bond acceptors (Lipinski definition) is 4. The van der Waals surface area contributed by atoms with Crippen molar-refractivity contribution in [2.45, 2.75) is 13.3 Å². The van der Waals surface area contributed by atoms with Crippen LogP contribution in [-0.4, -0.2) is 28.6 Å². The number of anilines is 1.